The van der Waals surface area contributed by atoms with Crippen molar-refractivity contribution in [2.24, 2.45) is 4.99 Å². The minimum Gasteiger partial charge on any atom is -0.326 e. The highest BCUT2D eigenvalue weighted by Crippen LogP contribution is 2.26. The third-order valence-electron chi connectivity index (χ3n) is 4.74. The first-order valence-electron chi connectivity index (χ1n) is 8.95. The Morgan fingerprint density at radius 2 is 1.79 bits per heavy atom. The maximum absolute atomic E-state index is 13.4. The van der Waals surface area contributed by atoms with Crippen LogP contribution in [-0.4, -0.2) is 15.5 Å². The highest BCUT2D eigenvalue weighted by Gasteiger charge is 2.25. The number of rotatable bonds is 2. The molecule has 1 atom stereocenters. The van der Waals surface area contributed by atoms with Gasteiger partial charge in [-0.05, 0) is 61.7 Å². The van der Waals surface area contributed by atoms with E-state index in [9.17, 15) is 9.18 Å². The van der Waals surface area contributed by atoms with Gasteiger partial charge in [0.05, 0.1) is 0 Å². The van der Waals surface area contributed by atoms with E-state index in [1.54, 1.807) is 19.1 Å². The van der Waals surface area contributed by atoms with Crippen molar-refractivity contribution in [2.45, 2.75) is 26.9 Å². The van der Waals surface area contributed by atoms with Crippen molar-refractivity contribution in [2.75, 3.05) is 10.6 Å². The summed E-state index contributed by atoms with van der Waals surface area (Å²) in [6.45, 7) is 5.85. The summed E-state index contributed by atoms with van der Waals surface area (Å²) in [5.74, 6) is 0.514. The summed E-state index contributed by atoms with van der Waals surface area (Å²) in [5.41, 5.74) is 4.30. The van der Waals surface area contributed by atoms with Crippen molar-refractivity contribution in [1.82, 2.24) is 9.55 Å². The molecule has 0 saturated carbocycles. The monoisotopic (exact) mass is 377 g/mol. The molecule has 1 aliphatic heterocycles. The molecule has 0 amide bonds. The summed E-state index contributed by atoms with van der Waals surface area (Å²) in [4.78, 5) is 21.7. The fourth-order valence-corrected chi connectivity index (χ4v) is 3.13. The van der Waals surface area contributed by atoms with Gasteiger partial charge in [0.1, 0.15) is 5.82 Å². The van der Waals surface area contributed by atoms with E-state index in [0.29, 0.717) is 23.2 Å². The molecule has 0 spiro atoms. The highest BCUT2D eigenvalue weighted by molar-refractivity contribution is 6.03. The maximum Gasteiger partial charge on any atom is 0.257 e. The normalized spacial score (nSPS) is 15.4. The van der Waals surface area contributed by atoms with Crippen LogP contribution in [0.4, 0.5) is 16.0 Å². The number of aliphatic imine (C=N–C) groups is 1. The molecule has 2 aromatic carbocycles. The van der Waals surface area contributed by atoms with Crippen molar-refractivity contribution < 1.29 is 4.39 Å². The molecule has 1 aromatic heterocycles. The second kappa shape index (κ2) is 6.92. The van der Waals surface area contributed by atoms with Crippen LogP contribution < -0.4 is 16.2 Å². The number of anilines is 2. The van der Waals surface area contributed by atoms with Crippen LogP contribution in [0.3, 0.4) is 0 Å². The Labute approximate surface area is 161 Å². The standard InChI is InChI=1S/C21H20FN5O/c1-12-4-9-17(10-13(12)2)24-20-25-19(15-5-7-16(22)8-6-15)27-18(28)11-14(3)23-21(27)26-20/h4-11,19H,1-3H3,(H2,23,24,25,26). The van der Waals surface area contributed by atoms with Gasteiger partial charge in [-0.2, -0.15) is 0 Å². The van der Waals surface area contributed by atoms with Crippen LogP contribution in [-0.2, 0) is 0 Å². The average Bonchev–Trinajstić information content (AvgIpc) is 2.64. The molecular formula is C21H20FN5O. The predicted molar refractivity (Wildman–Crippen MR) is 108 cm³/mol. The Morgan fingerprint density at radius 3 is 2.50 bits per heavy atom. The van der Waals surface area contributed by atoms with Crippen LogP contribution in [0.5, 0.6) is 0 Å². The number of hydrogen-bond donors (Lipinski definition) is 2. The topological polar surface area (TPSA) is 71.3 Å². The molecule has 142 valence electrons. The molecule has 0 saturated heterocycles. The fourth-order valence-electron chi connectivity index (χ4n) is 3.13. The summed E-state index contributed by atoms with van der Waals surface area (Å²) < 4.78 is 14.8. The number of nitrogens with one attached hydrogen (secondary N) is 2. The molecule has 2 heterocycles. The van der Waals surface area contributed by atoms with Crippen LogP contribution in [0.1, 0.15) is 28.6 Å². The number of aryl methyl sites for hydroxylation is 3. The van der Waals surface area contributed by atoms with Gasteiger partial charge in [-0.15, -0.1) is 0 Å². The van der Waals surface area contributed by atoms with Gasteiger partial charge in [0.2, 0.25) is 11.9 Å². The molecule has 0 fully saturated rings. The van der Waals surface area contributed by atoms with Crippen LogP contribution in [0.15, 0.2) is 58.3 Å². The Morgan fingerprint density at radius 1 is 1.04 bits per heavy atom. The lowest BCUT2D eigenvalue weighted by Gasteiger charge is -2.27. The van der Waals surface area contributed by atoms with Gasteiger partial charge in [0, 0.05) is 17.4 Å². The van der Waals surface area contributed by atoms with Gasteiger partial charge in [-0.1, -0.05) is 18.2 Å². The SMILES string of the molecule is Cc1cc(=O)n2c(n1)NC(Nc1ccc(C)c(C)c1)=NC2c1ccc(F)cc1. The van der Waals surface area contributed by atoms with Gasteiger partial charge < -0.3 is 5.32 Å². The molecule has 1 unspecified atom stereocenters. The second-order valence-electron chi connectivity index (χ2n) is 6.88. The lowest BCUT2D eigenvalue weighted by molar-refractivity contribution is 0.573. The first-order valence-corrected chi connectivity index (χ1v) is 8.95. The summed E-state index contributed by atoms with van der Waals surface area (Å²) in [6.07, 6.45) is -0.647. The Balaban J connectivity index is 1.78. The van der Waals surface area contributed by atoms with Gasteiger partial charge >= 0.3 is 0 Å². The Bertz CT molecular complexity index is 1130. The van der Waals surface area contributed by atoms with E-state index in [1.807, 2.05) is 25.1 Å². The minimum absolute atomic E-state index is 0.224. The molecular weight excluding hydrogens is 357 g/mol. The van der Waals surface area contributed by atoms with E-state index >= 15 is 0 Å². The average molecular weight is 377 g/mol. The van der Waals surface area contributed by atoms with Crippen molar-refractivity contribution >= 4 is 17.6 Å². The van der Waals surface area contributed by atoms with Crippen molar-refractivity contribution in [3.63, 3.8) is 0 Å². The van der Waals surface area contributed by atoms with Gasteiger partial charge in [0.25, 0.3) is 5.56 Å². The molecule has 0 aliphatic carbocycles. The van der Waals surface area contributed by atoms with Crippen molar-refractivity contribution in [1.29, 1.82) is 0 Å². The Hall–Kier alpha value is -3.48. The minimum atomic E-state index is -0.647. The number of halogens is 1. The zero-order valence-corrected chi connectivity index (χ0v) is 15.8. The van der Waals surface area contributed by atoms with Gasteiger partial charge in [-0.25, -0.2) is 14.4 Å². The third kappa shape index (κ3) is 3.38. The Kier molecular flexibility index (Phi) is 4.43. The van der Waals surface area contributed by atoms with E-state index in [2.05, 4.69) is 27.5 Å². The summed E-state index contributed by atoms with van der Waals surface area (Å²) in [7, 11) is 0. The van der Waals surface area contributed by atoms with E-state index in [1.165, 1.54) is 28.3 Å². The molecule has 2 N–H and O–H groups in total. The zero-order chi connectivity index (χ0) is 19.8. The molecule has 0 radical (unpaired) electrons. The highest BCUT2D eigenvalue weighted by atomic mass is 19.1. The second-order valence-corrected chi connectivity index (χ2v) is 6.88. The zero-order valence-electron chi connectivity index (χ0n) is 15.8. The van der Waals surface area contributed by atoms with Crippen LogP contribution in [0, 0.1) is 26.6 Å². The molecule has 7 heteroatoms. The number of aromatic nitrogens is 2. The molecule has 1 aliphatic rings. The summed E-state index contributed by atoms with van der Waals surface area (Å²) in [6, 6.07) is 13.4. The number of hydrogen-bond acceptors (Lipinski definition) is 5. The quantitative estimate of drug-likeness (QED) is 0.714. The van der Waals surface area contributed by atoms with E-state index in [-0.39, 0.29) is 11.4 Å². The fraction of sp³-hybridized carbons (Fsp3) is 0.190. The van der Waals surface area contributed by atoms with Crippen molar-refractivity contribution in [3.8, 4) is 0 Å². The summed E-state index contributed by atoms with van der Waals surface area (Å²) in [5, 5.41) is 6.34. The van der Waals surface area contributed by atoms with Crippen LogP contribution in [0.25, 0.3) is 0 Å². The van der Waals surface area contributed by atoms with E-state index < -0.39 is 6.17 Å². The maximum atomic E-state index is 13.4. The molecule has 0 bridgehead atoms. The lowest BCUT2D eigenvalue weighted by Crippen LogP contribution is -2.37. The third-order valence-corrected chi connectivity index (χ3v) is 4.74. The largest absolute Gasteiger partial charge is 0.326 e. The first kappa shape index (κ1) is 17.9. The predicted octanol–water partition coefficient (Wildman–Crippen LogP) is 3.75. The molecule has 28 heavy (non-hydrogen) atoms. The van der Waals surface area contributed by atoms with Crippen molar-refractivity contribution in [3.05, 3.63) is 87.1 Å². The number of guanidine groups is 1. The summed E-state index contributed by atoms with van der Waals surface area (Å²) >= 11 is 0. The molecule has 3 aromatic rings. The van der Waals surface area contributed by atoms with Gasteiger partial charge in [0.15, 0.2) is 6.17 Å². The lowest BCUT2D eigenvalue weighted by atomic mass is 10.1. The smallest absolute Gasteiger partial charge is 0.257 e. The number of fused-ring (bicyclic) bond motifs is 1. The first-order chi connectivity index (χ1) is 13.4. The molecule has 4 rings (SSSR count). The van der Waals surface area contributed by atoms with E-state index in [0.717, 1.165) is 11.3 Å². The van der Waals surface area contributed by atoms with Crippen LogP contribution >= 0.6 is 0 Å². The molecule has 6 nitrogen and oxygen atoms in total. The van der Waals surface area contributed by atoms with Crippen LogP contribution in [0.2, 0.25) is 0 Å². The number of benzene rings is 2. The van der Waals surface area contributed by atoms with E-state index in [4.69, 9.17) is 0 Å². The van der Waals surface area contributed by atoms with Gasteiger partial charge in [-0.3, -0.25) is 14.7 Å². The number of nitrogens with zero attached hydrogens (tertiary/aromatic N) is 3.